The first-order valence-electron chi connectivity index (χ1n) is 16.8. The summed E-state index contributed by atoms with van der Waals surface area (Å²) >= 11 is 0. The highest BCUT2D eigenvalue weighted by molar-refractivity contribution is 7.89. The molecule has 1 aliphatic carbocycles. The summed E-state index contributed by atoms with van der Waals surface area (Å²) in [6, 6.07) is 19.1. The molecule has 0 radical (unpaired) electrons. The molecular weight excluding hydrogens is 643 g/mol. The third-order valence-corrected chi connectivity index (χ3v) is 11.1. The number of aromatic amines is 1. The SMILES string of the molecule is Cc1cc(S(=O)(=O)N[C@@H]2CCNC2)ccc1-c1ccc(C[C@H](NC(=O)C2CCC(CN)CC2)C(=O)Nc2ccc(-c3nn[nH]n3)cc2)cc1. The molecule has 4 aromatic rings. The number of sulfonamides is 1. The number of aryl methyl sites for hydroxylation is 1. The Morgan fingerprint density at radius 2 is 1.69 bits per heavy atom. The van der Waals surface area contributed by atoms with Crippen molar-refractivity contribution in [3.63, 3.8) is 0 Å². The van der Waals surface area contributed by atoms with Gasteiger partial charge in [-0.25, -0.2) is 13.1 Å². The van der Waals surface area contributed by atoms with Gasteiger partial charge in [0.1, 0.15) is 6.04 Å². The minimum atomic E-state index is -3.63. The van der Waals surface area contributed by atoms with E-state index in [-0.39, 0.29) is 35.1 Å². The molecule has 258 valence electrons. The number of aromatic nitrogens is 4. The van der Waals surface area contributed by atoms with E-state index in [2.05, 4.69) is 41.3 Å². The Hall–Kier alpha value is -4.50. The van der Waals surface area contributed by atoms with Crippen molar-refractivity contribution < 1.29 is 18.0 Å². The Labute approximate surface area is 286 Å². The first kappa shape index (κ1) is 34.4. The number of carbonyl (C=O) groups is 2. The van der Waals surface area contributed by atoms with Gasteiger partial charge in [0, 0.05) is 36.2 Å². The van der Waals surface area contributed by atoms with Crippen molar-refractivity contribution in [1.82, 2.24) is 36.0 Å². The summed E-state index contributed by atoms with van der Waals surface area (Å²) in [5.74, 6) is 0.280. The lowest BCUT2D eigenvalue weighted by Gasteiger charge is -2.28. The van der Waals surface area contributed by atoms with Crippen LogP contribution in [0.1, 0.15) is 43.2 Å². The number of anilines is 1. The third-order valence-electron chi connectivity index (χ3n) is 9.53. The molecule has 49 heavy (non-hydrogen) atoms. The molecule has 14 heteroatoms. The van der Waals surface area contributed by atoms with Crippen LogP contribution in [0.2, 0.25) is 0 Å². The lowest BCUT2D eigenvalue weighted by molar-refractivity contribution is -0.130. The molecule has 1 saturated carbocycles. The smallest absolute Gasteiger partial charge is 0.247 e. The number of nitrogens with zero attached hydrogens (tertiary/aromatic N) is 3. The molecule has 0 unspecified atom stereocenters. The van der Waals surface area contributed by atoms with Gasteiger partial charge in [0.25, 0.3) is 0 Å². The van der Waals surface area contributed by atoms with Crippen LogP contribution in [0.25, 0.3) is 22.5 Å². The minimum absolute atomic E-state index is 0.109. The van der Waals surface area contributed by atoms with Crippen LogP contribution in [0.5, 0.6) is 0 Å². The molecule has 0 spiro atoms. The zero-order chi connectivity index (χ0) is 34.4. The van der Waals surface area contributed by atoms with Crippen molar-refractivity contribution in [1.29, 1.82) is 0 Å². The van der Waals surface area contributed by atoms with Gasteiger partial charge in [0.15, 0.2) is 0 Å². The van der Waals surface area contributed by atoms with Crippen LogP contribution in [-0.4, -0.2) is 72.6 Å². The van der Waals surface area contributed by atoms with Gasteiger partial charge in [-0.15, -0.1) is 10.2 Å². The monoisotopic (exact) mass is 685 g/mol. The van der Waals surface area contributed by atoms with Crippen LogP contribution in [0.3, 0.4) is 0 Å². The molecule has 2 aliphatic rings. The topological polar surface area (TPSA) is 197 Å². The summed E-state index contributed by atoms with van der Waals surface area (Å²) in [6.45, 7) is 3.94. The largest absolute Gasteiger partial charge is 0.344 e. The van der Waals surface area contributed by atoms with Gasteiger partial charge >= 0.3 is 0 Å². The molecule has 7 N–H and O–H groups in total. The van der Waals surface area contributed by atoms with E-state index in [1.807, 2.05) is 37.3 Å². The van der Waals surface area contributed by atoms with E-state index in [1.54, 1.807) is 36.4 Å². The number of amides is 2. The van der Waals surface area contributed by atoms with Crippen molar-refractivity contribution in [3.8, 4) is 22.5 Å². The highest BCUT2D eigenvalue weighted by atomic mass is 32.2. The average molecular weight is 686 g/mol. The summed E-state index contributed by atoms with van der Waals surface area (Å²) < 4.78 is 28.7. The summed E-state index contributed by atoms with van der Waals surface area (Å²) in [7, 11) is -3.63. The number of rotatable bonds is 12. The van der Waals surface area contributed by atoms with Gasteiger partial charge < -0.3 is 21.7 Å². The lowest BCUT2D eigenvalue weighted by Crippen LogP contribution is -2.48. The maximum Gasteiger partial charge on any atom is 0.247 e. The Balaban J connectivity index is 1.16. The van der Waals surface area contributed by atoms with Crippen molar-refractivity contribution in [2.75, 3.05) is 25.0 Å². The fourth-order valence-electron chi connectivity index (χ4n) is 6.60. The average Bonchev–Trinajstić information content (AvgIpc) is 3.84. The molecule has 2 atom stereocenters. The number of nitrogens with two attached hydrogens (primary N) is 1. The molecule has 3 aromatic carbocycles. The Morgan fingerprint density at radius 3 is 2.33 bits per heavy atom. The fraction of sp³-hybridized carbons (Fsp3) is 0.400. The maximum atomic E-state index is 13.7. The molecule has 2 heterocycles. The van der Waals surface area contributed by atoms with Crippen LogP contribution in [0.15, 0.2) is 71.6 Å². The second kappa shape index (κ2) is 15.4. The highest BCUT2D eigenvalue weighted by Gasteiger charge is 2.30. The van der Waals surface area contributed by atoms with E-state index in [0.29, 0.717) is 30.5 Å². The minimum Gasteiger partial charge on any atom is -0.344 e. The van der Waals surface area contributed by atoms with Crippen LogP contribution in [-0.2, 0) is 26.0 Å². The van der Waals surface area contributed by atoms with Crippen LogP contribution in [0.4, 0.5) is 5.69 Å². The standard InChI is InChI=1S/C35H43N9O4S/c1-22-18-30(49(47,48)42-29-16-17-37-21-29)14-15-31(22)25-6-2-23(3-7-25)19-32(39-34(45)27-8-4-24(20-36)5-9-27)35(46)38-28-12-10-26(11-13-28)33-40-43-44-41-33/h2-3,6-7,10-15,18,24,27,29,32,37,42H,4-5,8-9,16-17,19-21,36H2,1H3,(H,38,46)(H,39,45)(H,40,41,43,44)/t24?,27?,29-,32+/m1/s1. The summed E-state index contributed by atoms with van der Waals surface area (Å²) in [6.07, 6.45) is 4.36. The van der Waals surface area contributed by atoms with Gasteiger partial charge in [-0.2, -0.15) is 5.21 Å². The Morgan fingerprint density at radius 1 is 0.959 bits per heavy atom. The molecule has 1 saturated heterocycles. The van der Waals surface area contributed by atoms with Gasteiger partial charge in [-0.05, 0) is 122 Å². The zero-order valence-electron chi connectivity index (χ0n) is 27.5. The van der Waals surface area contributed by atoms with Gasteiger partial charge in [-0.3, -0.25) is 9.59 Å². The quantitative estimate of drug-likeness (QED) is 0.130. The summed E-state index contributed by atoms with van der Waals surface area (Å²) in [5, 5.41) is 23.1. The van der Waals surface area contributed by atoms with E-state index in [1.165, 1.54) is 0 Å². The molecule has 6 rings (SSSR count). The normalized spacial score (nSPS) is 20.1. The summed E-state index contributed by atoms with van der Waals surface area (Å²) in [4.78, 5) is 27.3. The van der Waals surface area contributed by atoms with E-state index >= 15 is 0 Å². The number of benzene rings is 3. The number of carbonyl (C=O) groups excluding carboxylic acids is 2. The molecule has 2 fully saturated rings. The van der Waals surface area contributed by atoms with Gasteiger partial charge in [0.05, 0.1) is 4.90 Å². The molecule has 2 amide bonds. The van der Waals surface area contributed by atoms with E-state index in [0.717, 1.165) is 66.5 Å². The second-order valence-electron chi connectivity index (χ2n) is 13.0. The number of H-pyrrole nitrogens is 1. The second-order valence-corrected chi connectivity index (χ2v) is 14.7. The van der Waals surface area contributed by atoms with E-state index < -0.39 is 16.1 Å². The fourth-order valence-corrected chi connectivity index (χ4v) is 7.96. The summed E-state index contributed by atoms with van der Waals surface area (Å²) in [5.41, 5.74) is 10.7. The van der Waals surface area contributed by atoms with Gasteiger partial charge in [-0.1, -0.05) is 30.3 Å². The molecule has 1 aliphatic heterocycles. The Bertz CT molecular complexity index is 1830. The Kier molecular flexibility index (Phi) is 10.8. The first-order chi connectivity index (χ1) is 23.7. The molecule has 1 aromatic heterocycles. The maximum absolute atomic E-state index is 13.7. The third kappa shape index (κ3) is 8.57. The molecule has 13 nitrogen and oxygen atoms in total. The van der Waals surface area contributed by atoms with Crippen molar-refractivity contribution in [2.45, 2.75) is 62.4 Å². The van der Waals surface area contributed by atoms with Crippen molar-refractivity contribution in [3.05, 3.63) is 77.9 Å². The first-order valence-corrected chi connectivity index (χ1v) is 18.2. The van der Waals surface area contributed by atoms with Crippen LogP contribution in [0, 0.1) is 18.8 Å². The lowest BCUT2D eigenvalue weighted by atomic mass is 9.81. The predicted molar refractivity (Wildman–Crippen MR) is 187 cm³/mol. The predicted octanol–water partition coefficient (Wildman–Crippen LogP) is 2.91. The highest BCUT2D eigenvalue weighted by Crippen LogP contribution is 2.29. The number of nitrogens with one attached hydrogen (secondary N) is 5. The number of hydrogen-bond donors (Lipinski definition) is 6. The number of tetrazole rings is 1. The van der Waals surface area contributed by atoms with E-state index in [4.69, 9.17) is 5.73 Å². The number of hydrogen-bond acceptors (Lipinski definition) is 9. The van der Waals surface area contributed by atoms with E-state index in [9.17, 15) is 18.0 Å². The van der Waals surface area contributed by atoms with Crippen molar-refractivity contribution in [2.24, 2.45) is 17.6 Å². The zero-order valence-corrected chi connectivity index (χ0v) is 28.3. The van der Waals surface area contributed by atoms with Crippen LogP contribution < -0.4 is 26.4 Å². The van der Waals surface area contributed by atoms with Crippen molar-refractivity contribution >= 4 is 27.5 Å². The van der Waals surface area contributed by atoms with Crippen LogP contribution >= 0.6 is 0 Å². The molecule has 0 bridgehead atoms. The molecular formula is C35H43N9O4S. The van der Waals surface area contributed by atoms with Gasteiger partial charge in [0.2, 0.25) is 27.7 Å².